The molecule has 426 valence electrons. The van der Waals surface area contributed by atoms with Gasteiger partial charge in [0.2, 0.25) is 5.91 Å². The number of carbonyl (C=O) groups is 1. The number of hydrogen-bond donors (Lipinski definition) is 4. The van der Waals surface area contributed by atoms with E-state index in [2.05, 4.69) is 43.5 Å². The average molecular weight is 1010 g/mol. The zero-order valence-electron chi connectivity index (χ0n) is 48.8. The molecule has 0 aliphatic carbocycles. The third-order valence-electron chi connectivity index (χ3n) is 15.4. The van der Waals surface area contributed by atoms with Crippen molar-refractivity contribution in [1.82, 2.24) is 5.32 Å². The van der Waals surface area contributed by atoms with Crippen LogP contribution in [0.1, 0.15) is 361 Å². The van der Waals surface area contributed by atoms with Crippen molar-refractivity contribution < 1.29 is 20.1 Å². The maximum atomic E-state index is 12.6. The summed E-state index contributed by atoms with van der Waals surface area (Å²) in [5, 5.41) is 33.5. The first-order chi connectivity index (χ1) is 35.5. The van der Waals surface area contributed by atoms with Gasteiger partial charge in [-0.05, 0) is 57.8 Å². The molecule has 0 aromatic rings. The molecule has 5 heteroatoms. The molecule has 0 aromatic carbocycles. The Hall–Kier alpha value is -1.43. The zero-order valence-corrected chi connectivity index (χ0v) is 48.8. The zero-order chi connectivity index (χ0) is 52.2. The van der Waals surface area contributed by atoms with Crippen molar-refractivity contribution in [1.29, 1.82) is 0 Å². The molecule has 1 amide bonds. The Bertz CT molecular complexity index is 1120. The van der Waals surface area contributed by atoms with Gasteiger partial charge in [0.15, 0.2) is 0 Å². The van der Waals surface area contributed by atoms with E-state index in [1.165, 1.54) is 302 Å². The predicted octanol–water partition coefficient (Wildman–Crippen LogP) is 21.0. The fraction of sp³-hybridized carbons (Fsp3) is 0.896. The van der Waals surface area contributed by atoms with E-state index < -0.39 is 18.2 Å². The van der Waals surface area contributed by atoms with Crippen LogP contribution in [0, 0.1) is 0 Å². The molecule has 0 aliphatic rings. The quantitative estimate of drug-likeness (QED) is 0.0361. The van der Waals surface area contributed by atoms with E-state index in [9.17, 15) is 20.1 Å². The molecule has 4 N–H and O–H groups in total. The van der Waals surface area contributed by atoms with E-state index in [0.29, 0.717) is 6.42 Å². The van der Waals surface area contributed by atoms with Crippen LogP contribution in [0.25, 0.3) is 0 Å². The van der Waals surface area contributed by atoms with Gasteiger partial charge in [-0.1, -0.05) is 333 Å². The average Bonchev–Trinajstić information content (AvgIpc) is 3.38. The predicted molar refractivity (Wildman–Crippen MR) is 319 cm³/mol. The highest BCUT2D eigenvalue weighted by molar-refractivity contribution is 5.76. The van der Waals surface area contributed by atoms with Gasteiger partial charge < -0.3 is 20.6 Å². The van der Waals surface area contributed by atoms with E-state index in [0.717, 1.165) is 32.1 Å². The third-order valence-corrected chi connectivity index (χ3v) is 15.4. The van der Waals surface area contributed by atoms with Gasteiger partial charge in [0.25, 0.3) is 0 Å². The maximum Gasteiger partial charge on any atom is 0.222 e. The molecule has 3 unspecified atom stereocenters. The summed E-state index contributed by atoms with van der Waals surface area (Å²) in [5.74, 6) is -0.319. The Morgan fingerprint density at radius 1 is 0.347 bits per heavy atom. The largest absolute Gasteiger partial charge is 0.394 e. The number of aliphatic hydroxyl groups is 3. The third kappa shape index (κ3) is 57.8. The number of carbonyl (C=O) groups excluding carboxylic acids is 1. The molecule has 0 saturated carbocycles. The van der Waals surface area contributed by atoms with Crippen molar-refractivity contribution >= 4 is 5.91 Å². The van der Waals surface area contributed by atoms with E-state index >= 15 is 0 Å². The first kappa shape index (κ1) is 70.6. The normalized spacial score (nSPS) is 13.3. The molecule has 0 aromatic heterocycles. The molecular formula is C67H129NO4. The lowest BCUT2D eigenvalue weighted by Crippen LogP contribution is -2.45. The Balaban J connectivity index is 3.51. The molecule has 0 bridgehead atoms. The van der Waals surface area contributed by atoms with Crippen LogP contribution in [0.5, 0.6) is 0 Å². The summed E-state index contributed by atoms with van der Waals surface area (Å²) in [4.78, 5) is 12.6. The van der Waals surface area contributed by atoms with Crippen LogP contribution in [0.3, 0.4) is 0 Å². The Morgan fingerprint density at radius 2 is 0.597 bits per heavy atom. The van der Waals surface area contributed by atoms with Crippen molar-refractivity contribution in [2.24, 2.45) is 0 Å². The summed E-state index contributed by atoms with van der Waals surface area (Å²) in [5.41, 5.74) is 0. The molecule has 0 heterocycles. The van der Waals surface area contributed by atoms with Crippen LogP contribution < -0.4 is 5.32 Å². The van der Waals surface area contributed by atoms with Gasteiger partial charge in [0, 0.05) is 0 Å². The highest BCUT2D eigenvalue weighted by Gasteiger charge is 2.20. The number of allylic oxidation sites excluding steroid dienone is 5. The Morgan fingerprint density at radius 3 is 0.889 bits per heavy atom. The second kappa shape index (κ2) is 62.1. The van der Waals surface area contributed by atoms with Crippen molar-refractivity contribution in [3.8, 4) is 0 Å². The fourth-order valence-electron chi connectivity index (χ4n) is 10.4. The summed E-state index contributed by atoms with van der Waals surface area (Å²) in [7, 11) is 0. The van der Waals surface area contributed by atoms with Gasteiger partial charge in [-0.3, -0.25) is 4.79 Å². The molecule has 5 nitrogen and oxygen atoms in total. The van der Waals surface area contributed by atoms with Crippen molar-refractivity contribution in [2.75, 3.05) is 6.61 Å². The highest BCUT2D eigenvalue weighted by Crippen LogP contribution is 2.18. The van der Waals surface area contributed by atoms with Gasteiger partial charge in [-0.25, -0.2) is 0 Å². The standard InChI is InChI=1S/C67H129NO4/c1-3-5-7-9-11-13-15-17-19-21-23-25-27-28-29-30-31-32-33-34-35-36-37-38-39-40-42-44-46-48-50-52-54-56-58-60-64(70)62-67(72)68-65(63-69)66(71)61-59-57-55-53-51-49-47-45-43-41-26-24-22-20-18-16-14-12-10-8-6-4-2/h32-33,51,53,59,61,64-66,69-71H,3-31,34-50,52,54-58,60,62-63H2,1-2H3,(H,68,72)/b33-32-,53-51+,61-59+. The summed E-state index contributed by atoms with van der Waals surface area (Å²) in [6.07, 6.45) is 82.4. The minimum absolute atomic E-state index is 0.00833. The lowest BCUT2D eigenvalue weighted by molar-refractivity contribution is -0.124. The van der Waals surface area contributed by atoms with Crippen molar-refractivity contribution in [2.45, 2.75) is 379 Å². The topological polar surface area (TPSA) is 89.8 Å². The Labute approximate surface area is 451 Å². The lowest BCUT2D eigenvalue weighted by Gasteiger charge is -2.21. The molecule has 3 atom stereocenters. The number of aliphatic hydroxyl groups excluding tert-OH is 3. The van der Waals surface area contributed by atoms with E-state index in [4.69, 9.17) is 0 Å². The second-order valence-corrected chi connectivity index (χ2v) is 22.7. The van der Waals surface area contributed by atoms with E-state index in [-0.39, 0.29) is 18.9 Å². The van der Waals surface area contributed by atoms with Crippen LogP contribution >= 0.6 is 0 Å². The van der Waals surface area contributed by atoms with E-state index in [1.807, 2.05) is 6.08 Å². The first-order valence-corrected chi connectivity index (χ1v) is 32.8. The number of unbranched alkanes of at least 4 members (excludes halogenated alkanes) is 48. The monoisotopic (exact) mass is 1010 g/mol. The van der Waals surface area contributed by atoms with Gasteiger partial charge in [0.05, 0.1) is 31.3 Å². The fourth-order valence-corrected chi connectivity index (χ4v) is 10.4. The first-order valence-electron chi connectivity index (χ1n) is 32.8. The van der Waals surface area contributed by atoms with Crippen molar-refractivity contribution in [3.63, 3.8) is 0 Å². The SMILES string of the molecule is CCCCCCCCCCCCCCCCCC/C=C\CCCCCCCCCCCCCCCCCC(O)CC(=O)NC(CO)C(O)/C=C/CC/C=C/CCCCCCCCCCCCCCCCCC. The molecule has 0 spiro atoms. The van der Waals surface area contributed by atoms with Gasteiger partial charge in [-0.15, -0.1) is 0 Å². The Kier molecular flexibility index (Phi) is 60.9. The van der Waals surface area contributed by atoms with Crippen LogP contribution in [0.4, 0.5) is 0 Å². The molecule has 0 saturated heterocycles. The minimum atomic E-state index is -0.953. The lowest BCUT2D eigenvalue weighted by atomic mass is 10.0. The second-order valence-electron chi connectivity index (χ2n) is 22.7. The number of amides is 1. The van der Waals surface area contributed by atoms with Crippen LogP contribution in [-0.4, -0.2) is 46.1 Å². The molecule has 72 heavy (non-hydrogen) atoms. The molecule has 0 aliphatic heterocycles. The summed E-state index contributed by atoms with van der Waals surface area (Å²) in [6, 6.07) is -0.762. The van der Waals surface area contributed by atoms with Crippen molar-refractivity contribution in [3.05, 3.63) is 36.5 Å². The van der Waals surface area contributed by atoms with E-state index in [1.54, 1.807) is 6.08 Å². The van der Waals surface area contributed by atoms with Crippen LogP contribution in [0.15, 0.2) is 36.5 Å². The van der Waals surface area contributed by atoms with Gasteiger partial charge in [0.1, 0.15) is 0 Å². The summed E-state index contributed by atoms with van der Waals surface area (Å²) in [6.45, 7) is 4.25. The molecule has 0 fully saturated rings. The van der Waals surface area contributed by atoms with Crippen LogP contribution in [-0.2, 0) is 4.79 Å². The summed E-state index contributed by atoms with van der Waals surface area (Å²) >= 11 is 0. The minimum Gasteiger partial charge on any atom is -0.394 e. The molecular weight excluding hydrogens is 883 g/mol. The van der Waals surface area contributed by atoms with Gasteiger partial charge in [-0.2, -0.15) is 0 Å². The highest BCUT2D eigenvalue weighted by atomic mass is 16.3. The smallest absolute Gasteiger partial charge is 0.222 e. The number of nitrogens with one attached hydrogen (secondary N) is 1. The summed E-state index contributed by atoms with van der Waals surface area (Å²) < 4.78 is 0. The molecule has 0 rings (SSSR count). The maximum absolute atomic E-state index is 12.6. The van der Waals surface area contributed by atoms with Gasteiger partial charge >= 0.3 is 0 Å². The van der Waals surface area contributed by atoms with Crippen LogP contribution in [0.2, 0.25) is 0 Å². The number of rotatable bonds is 61. The number of hydrogen-bond acceptors (Lipinski definition) is 4. The molecule has 0 radical (unpaired) electrons.